The predicted molar refractivity (Wildman–Crippen MR) is 195 cm³/mol. The molecule has 2 aromatic heterocycles. The number of pyridine rings is 2. The van der Waals surface area contributed by atoms with E-state index in [-0.39, 0.29) is 5.84 Å². The number of nitrogens with zero attached hydrogens (tertiary/aromatic N) is 3. The zero-order valence-electron chi connectivity index (χ0n) is 25.4. The number of hydrogen-bond acceptors (Lipinski definition) is 3. The number of aromatic nitrogens is 2. The van der Waals surface area contributed by atoms with Crippen molar-refractivity contribution in [1.82, 2.24) is 9.97 Å². The van der Waals surface area contributed by atoms with Gasteiger partial charge in [-0.25, -0.2) is 4.99 Å². The maximum atomic E-state index is 9.08. The molecule has 5 heteroatoms. The van der Waals surface area contributed by atoms with E-state index >= 15 is 0 Å². The van der Waals surface area contributed by atoms with Crippen molar-refractivity contribution in [2.24, 2.45) is 4.99 Å². The molecule has 5 nitrogen and oxygen atoms in total. The van der Waals surface area contributed by atoms with Crippen LogP contribution in [-0.2, 0) is 0 Å². The van der Waals surface area contributed by atoms with Crippen molar-refractivity contribution in [2.75, 3.05) is 5.32 Å². The van der Waals surface area contributed by atoms with Gasteiger partial charge in [0.25, 0.3) is 0 Å². The molecule has 0 saturated heterocycles. The molecule has 0 aliphatic rings. The molecule has 0 amide bonds. The summed E-state index contributed by atoms with van der Waals surface area (Å²) in [5, 5.41) is 16.9. The number of anilines is 1. The van der Waals surface area contributed by atoms with Gasteiger partial charge in [0, 0.05) is 40.0 Å². The van der Waals surface area contributed by atoms with Crippen LogP contribution in [0.3, 0.4) is 0 Å². The van der Waals surface area contributed by atoms with Gasteiger partial charge in [-0.3, -0.25) is 15.4 Å². The van der Waals surface area contributed by atoms with Gasteiger partial charge < -0.3 is 5.32 Å². The molecule has 0 aliphatic carbocycles. The van der Waals surface area contributed by atoms with Crippen LogP contribution in [-0.4, -0.2) is 21.6 Å². The fourth-order valence-corrected chi connectivity index (χ4v) is 5.98. The van der Waals surface area contributed by atoms with E-state index in [1.807, 2.05) is 54.9 Å². The van der Waals surface area contributed by atoms with E-state index in [0.717, 1.165) is 71.6 Å². The number of fused-ring (bicyclic) bond motifs is 3. The average molecular weight is 604 g/mol. The number of hydrogen-bond donors (Lipinski definition) is 2. The van der Waals surface area contributed by atoms with Crippen molar-refractivity contribution in [3.05, 3.63) is 175 Å². The van der Waals surface area contributed by atoms with Crippen LogP contribution in [0.1, 0.15) is 11.1 Å². The standard InChI is InChI=1S/C42H29N5/c43-41(38-11-3-7-30-6-1-2-10-37(30)38)47-42(31-14-12-28(13-15-31)32-18-22-39-34(26-32)8-4-24-44-39)46-36-20-16-29(17-21-36)33-19-23-40-35(27-33)9-5-25-45-40/h1-27H,(H2,43,46,47). The second-order valence-electron chi connectivity index (χ2n) is 11.4. The second-order valence-corrected chi connectivity index (χ2v) is 11.4. The first-order valence-corrected chi connectivity index (χ1v) is 15.5. The number of nitrogens with one attached hydrogen (secondary N) is 2. The normalized spacial score (nSPS) is 11.6. The number of benzene rings is 6. The van der Waals surface area contributed by atoms with E-state index in [4.69, 9.17) is 10.4 Å². The molecule has 0 aliphatic heterocycles. The molecular formula is C42H29N5. The first kappa shape index (κ1) is 28.0. The van der Waals surface area contributed by atoms with Crippen LogP contribution < -0.4 is 5.32 Å². The second kappa shape index (κ2) is 12.1. The molecule has 0 unspecified atom stereocenters. The van der Waals surface area contributed by atoms with Crippen LogP contribution in [0, 0.1) is 5.41 Å². The molecule has 0 fully saturated rings. The molecule has 0 bridgehead atoms. The summed E-state index contributed by atoms with van der Waals surface area (Å²) in [5.41, 5.74) is 8.95. The van der Waals surface area contributed by atoms with Crippen LogP contribution in [0.25, 0.3) is 54.8 Å². The van der Waals surface area contributed by atoms with E-state index < -0.39 is 0 Å². The third-order valence-electron chi connectivity index (χ3n) is 8.45. The smallest absolute Gasteiger partial charge is 0.154 e. The minimum atomic E-state index is 0.191. The van der Waals surface area contributed by atoms with Gasteiger partial charge in [0.2, 0.25) is 0 Å². The minimum Gasteiger partial charge on any atom is -0.340 e. The highest BCUT2D eigenvalue weighted by Gasteiger charge is 2.12. The van der Waals surface area contributed by atoms with Crippen molar-refractivity contribution >= 4 is 49.9 Å². The van der Waals surface area contributed by atoms with Crippen LogP contribution in [0.4, 0.5) is 5.69 Å². The van der Waals surface area contributed by atoms with Gasteiger partial charge in [-0.1, -0.05) is 103 Å². The van der Waals surface area contributed by atoms with Gasteiger partial charge in [-0.2, -0.15) is 0 Å². The predicted octanol–water partition coefficient (Wildman–Crippen LogP) is 10.2. The maximum absolute atomic E-state index is 9.08. The van der Waals surface area contributed by atoms with Gasteiger partial charge in [0.1, 0.15) is 5.84 Å². The molecule has 8 rings (SSSR count). The van der Waals surface area contributed by atoms with Gasteiger partial charge >= 0.3 is 0 Å². The van der Waals surface area contributed by atoms with Crippen molar-refractivity contribution < 1.29 is 0 Å². The maximum Gasteiger partial charge on any atom is 0.154 e. The largest absolute Gasteiger partial charge is 0.340 e. The molecule has 0 atom stereocenters. The zero-order chi connectivity index (χ0) is 31.6. The SMILES string of the molecule is N=C(N=C(Nc1ccc(-c2ccc3ncccc3c2)cc1)c1ccc(-c2ccc3ncccc3c2)cc1)c1cccc2ccccc12. The molecular weight excluding hydrogens is 574 g/mol. The minimum absolute atomic E-state index is 0.191. The molecule has 0 spiro atoms. The van der Waals surface area contributed by atoms with Crippen molar-refractivity contribution in [3.8, 4) is 22.3 Å². The Balaban J connectivity index is 1.14. The highest BCUT2D eigenvalue weighted by Crippen LogP contribution is 2.27. The van der Waals surface area contributed by atoms with Crippen LogP contribution in [0.2, 0.25) is 0 Å². The summed E-state index contributed by atoms with van der Waals surface area (Å²) in [6, 6.07) is 51.4. The summed E-state index contributed by atoms with van der Waals surface area (Å²) in [4.78, 5) is 13.8. The van der Waals surface area contributed by atoms with Crippen LogP contribution in [0.5, 0.6) is 0 Å². The lowest BCUT2D eigenvalue weighted by Gasteiger charge is -2.13. The quantitative estimate of drug-likeness (QED) is 0.152. The topological polar surface area (TPSA) is 74.0 Å². The summed E-state index contributed by atoms with van der Waals surface area (Å²) in [6.45, 7) is 0. The third kappa shape index (κ3) is 5.74. The number of rotatable bonds is 5. The molecule has 0 saturated carbocycles. The molecule has 47 heavy (non-hydrogen) atoms. The molecule has 0 radical (unpaired) electrons. The summed E-state index contributed by atoms with van der Waals surface area (Å²) in [6.07, 6.45) is 3.63. The third-order valence-corrected chi connectivity index (χ3v) is 8.45. The molecule has 6 aromatic carbocycles. The average Bonchev–Trinajstić information content (AvgIpc) is 3.14. The summed E-state index contributed by atoms with van der Waals surface area (Å²) in [5.74, 6) is 0.790. The van der Waals surface area contributed by atoms with Crippen molar-refractivity contribution in [2.45, 2.75) is 0 Å². The lowest BCUT2D eigenvalue weighted by Crippen LogP contribution is -2.16. The lowest BCUT2D eigenvalue weighted by atomic mass is 10.0. The fraction of sp³-hybridized carbons (Fsp3) is 0. The Labute approximate surface area is 272 Å². The summed E-state index contributed by atoms with van der Waals surface area (Å²) in [7, 11) is 0. The van der Waals surface area contributed by atoms with E-state index in [9.17, 15) is 0 Å². The van der Waals surface area contributed by atoms with E-state index in [1.165, 1.54) is 0 Å². The Bertz CT molecular complexity index is 2440. The van der Waals surface area contributed by atoms with E-state index in [1.54, 1.807) is 0 Å². The van der Waals surface area contributed by atoms with Gasteiger partial charge in [-0.05, 0) is 81.6 Å². The van der Waals surface area contributed by atoms with Gasteiger partial charge in [0.05, 0.1) is 11.0 Å². The van der Waals surface area contributed by atoms with Crippen molar-refractivity contribution in [3.63, 3.8) is 0 Å². The Morgan fingerprint density at radius 1 is 0.511 bits per heavy atom. The number of amidine groups is 2. The Kier molecular flexibility index (Phi) is 7.25. The van der Waals surface area contributed by atoms with Gasteiger partial charge in [-0.15, -0.1) is 0 Å². The Hall–Kier alpha value is -6.46. The zero-order valence-corrected chi connectivity index (χ0v) is 25.4. The molecule has 8 aromatic rings. The number of aliphatic imine (C=N–C) groups is 1. The van der Waals surface area contributed by atoms with Crippen LogP contribution >= 0.6 is 0 Å². The highest BCUT2D eigenvalue weighted by molar-refractivity contribution is 6.18. The van der Waals surface area contributed by atoms with Crippen molar-refractivity contribution in [1.29, 1.82) is 5.41 Å². The van der Waals surface area contributed by atoms with E-state index in [0.29, 0.717) is 5.84 Å². The first-order chi connectivity index (χ1) is 23.2. The lowest BCUT2D eigenvalue weighted by molar-refractivity contribution is 1.41. The summed E-state index contributed by atoms with van der Waals surface area (Å²) < 4.78 is 0. The molecule has 2 heterocycles. The van der Waals surface area contributed by atoms with Crippen LogP contribution in [0.15, 0.2) is 169 Å². The Morgan fingerprint density at radius 3 is 1.72 bits per heavy atom. The fourth-order valence-electron chi connectivity index (χ4n) is 5.98. The molecule has 2 N–H and O–H groups in total. The van der Waals surface area contributed by atoms with E-state index in [2.05, 4.69) is 124 Å². The Morgan fingerprint density at radius 2 is 1.06 bits per heavy atom. The molecule has 222 valence electrons. The highest BCUT2D eigenvalue weighted by atomic mass is 15.0. The van der Waals surface area contributed by atoms with Gasteiger partial charge in [0.15, 0.2) is 5.84 Å². The first-order valence-electron chi connectivity index (χ1n) is 15.5. The summed E-state index contributed by atoms with van der Waals surface area (Å²) >= 11 is 0. The monoisotopic (exact) mass is 603 g/mol.